The third-order valence-corrected chi connectivity index (χ3v) is 2.25. The molecule has 2 rings (SSSR count). The number of carbonyl (C=O) groups is 1. The second-order valence-electron chi connectivity index (χ2n) is 2.93. The van der Waals surface area contributed by atoms with Crippen molar-refractivity contribution in [3.63, 3.8) is 0 Å². The summed E-state index contributed by atoms with van der Waals surface area (Å²) >= 11 is 5.78. The van der Waals surface area contributed by atoms with E-state index in [1.807, 2.05) is 0 Å². The van der Waals surface area contributed by atoms with Crippen molar-refractivity contribution in [2.24, 2.45) is 0 Å². The largest absolute Gasteiger partial charge is 0.461 e. The van der Waals surface area contributed by atoms with Gasteiger partial charge in [-0.2, -0.15) is 0 Å². The second kappa shape index (κ2) is 3.87. The van der Waals surface area contributed by atoms with Crippen LogP contribution in [0.1, 0.15) is 16.1 Å². The Hall–Kier alpha value is -1.61. The summed E-state index contributed by atoms with van der Waals surface area (Å²) in [5, 5.41) is 0.206. The van der Waals surface area contributed by atoms with Gasteiger partial charge in [0.1, 0.15) is 5.82 Å². The normalized spacial score (nSPS) is 10.3. The van der Waals surface area contributed by atoms with Gasteiger partial charge < -0.3 is 4.42 Å². The van der Waals surface area contributed by atoms with Crippen molar-refractivity contribution >= 4 is 17.4 Å². The van der Waals surface area contributed by atoms with Crippen LogP contribution in [0.2, 0.25) is 5.02 Å². The third-order valence-electron chi connectivity index (χ3n) is 1.92. The van der Waals surface area contributed by atoms with Crippen molar-refractivity contribution in [1.29, 1.82) is 0 Å². The zero-order valence-electron chi connectivity index (χ0n) is 7.54. The van der Waals surface area contributed by atoms with Crippen LogP contribution >= 0.6 is 11.6 Å². The molecule has 15 heavy (non-hydrogen) atoms. The van der Waals surface area contributed by atoms with E-state index in [0.717, 1.165) is 6.07 Å². The monoisotopic (exact) mass is 224 g/mol. The molecule has 0 aliphatic rings. The molecule has 0 N–H and O–H groups in total. The number of benzene rings is 1. The fourth-order valence-corrected chi connectivity index (χ4v) is 1.42. The molecular formula is C11H6ClFO2. The van der Waals surface area contributed by atoms with Crippen molar-refractivity contribution < 1.29 is 13.6 Å². The Morgan fingerprint density at radius 2 is 2.13 bits per heavy atom. The van der Waals surface area contributed by atoms with E-state index in [1.54, 1.807) is 6.07 Å². The number of halogens is 2. The minimum atomic E-state index is -0.505. The molecule has 0 saturated carbocycles. The van der Waals surface area contributed by atoms with Gasteiger partial charge in [-0.25, -0.2) is 4.39 Å². The van der Waals surface area contributed by atoms with Crippen LogP contribution in [-0.2, 0) is 0 Å². The summed E-state index contributed by atoms with van der Waals surface area (Å²) in [7, 11) is 0. The fraction of sp³-hybridized carbons (Fsp3) is 0. The van der Waals surface area contributed by atoms with Crippen molar-refractivity contribution in [3.8, 4) is 0 Å². The van der Waals surface area contributed by atoms with Crippen LogP contribution in [0.4, 0.5) is 4.39 Å². The smallest absolute Gasteiger partial charge is 0.229 e. The highest BCUT2D eigenvalue weighted by molar-refractivity contribution is 6.34. The highest BCUT2D eigenvalue weighted by Crippen LogP contribution is 2.20. The van der Waals surface area contributed by atoms with Gasteiger partial charge in [-0.15, -0.1) is 0 Å². The average molecular weight is 225 g/mol. The molecule has 0 radical (unpaired) electrons. The highest BCUT2D eigenvalue weighted by atomic mass is 35.5. The molecule has 4 heteroatoms. The molecule has 0 fully saturated rings. The lowest BCUT2D eigenvalue weighted by Gasteiger charge is -2.00. The fourth-order valence-electron chi connectivity index (χ4n) is 1.21. The predicted octanol–water partition coefficient (Wildman–Crippen LogP) is 3.30. The summed E-state index contributed by atoms with van der Waals surface area (Å²) < 4.78 is 17.8. The molecule has 0 aliphatic heterocycles. The van der Waals surface area contributed by atoms with Crippen LogP contribution in [0, 0.1) is 5.82 Å². The van der Waals surface area contributed by atoms with Crippen LogP contribution < -0.4 is 0 Å². The first-order chi connectivity index (χ1) is 7.18. The maximum atomic E-state index is 12.9. The Balaban J connectivity index is 2.46. The predicted molar refractivity (Wildman–Crippen MR) is 53.6 cm³/mol. The van der Waals surface area contributed by atoms with E-state index in [1.165, 1.54) is 24.5 Å². The highest BCUT2D eigenvalue weighted by Gasteiger charge is 2.15. The van der Waals surface area contributed by atoms with Crippen LogP contribution in [0.15, 0.2) is 41.0 Å². The summed E-state index contributed by atoms with van der Waals surface area (Å²) in [5.41, 5.74) is 0.103. The van der Waals surface area contributed by atoms with Crippen LogP contribution in [0.3, 0.4) is 0 Å². The molecule has 2 nitrogen and oxygen atoms in total. The van der Waals surface area contributed by atoms with Gasteiger partial charge >= 0.3 is 0 Å². The van der Waals surface area contributed by atoms with E-state index in [9.17, 15) is 9.18 Å². The number of ketones is 1. The Kier molecular flexibility index (Phi) is 2.56. The molecule has 0 amide bonds. The molecule has 1 aromatic carbocycles. The molecule has 2 aromatic rings. The Bertz CT molecular complexity index is 491. The van der Waals surface area contributed by atoms with E-state index >= 15 is 0 Å². The molecular weight excluding hydrogens is 219 g/mol. The zero-order valence-corrected chi connectivity index (χ0v) is 8.29. The van der Waals surface area contributed by atoms with Crippen LogP contribution in [-0.4, -0.2) is 5.78 Å². The minimum absolute atomic E-state index is 0.103. The maximum Gasteiger partial charge on any atom is 0.229 e. The lowest BCUT2D eigenvalue weighted by atomic mass is 10.1. The Morgan fingerprint density at radius 1 is 1.33 bits per heavy atom. The second-order valence-corrected chi connectivity index (χ2v) is 3.34. The van der Waals surface area contributed by atoms with Gasteiger partial charge in [0.15, 0.2) is 5.76 Å². The van der Waals surface area contributed by atoms with Gasteiger partial charge in [0.05, 0.1) is 11.3 Å². The van der Waals surface area contributed by atoms with E-state index in [0.29, 0.717) is 0 Å². The van der Waals surface area contributed by atoms with Gasteiger partial charge in [0.2, 0.25) is 5.78 Å². The van der Waals surface area contributed by atoms with Crippen LogP contribution in [0.5, 0.6) is 0 Å². The van der Waals surface area contributed by atoms with Crippen molar-refractivity contribution in [1.82, 2.24) is 0 Å². The third kappa shape index (κ3) is 1.92. The van der Waals surface area contributed by atoms with Crippen molar-refractivity contribution in [2.45, 2.75) is 0 Å². The molecule has 0 spiro atoms. The van der Waals surface area contributed by atoms with Gasteiger partial charge in [0, 0.05) is 5.56 Å². The van der Waals surface area contributed by atoms with Crippen molar-refractivity contribution in [3.05, 3.63) is 58.8 Å². The standard InChI is InChI=1S/C11H6ClFO2/c12-9-4-3-7(13)6-8(9)11(14)10-2-1-5-15-10/h1-6H. The summed E-state index contributed by atoms with van der Waals surface area (Å²) in [6, 6.07) is 6.71. The first kappa shape index (κ1) is 9.93. The maximum absolute atomic E-state index is 12.9. The number of hydrogen-bond acceptors (Lipinski definition) is 2. The van der Waals surface area contributed by atoms with Gasteiger partial charge in [0.25, 0.3) is 0 Å². The molecule has 76 valence electrons. The lowest BCUT2D eigenvalue weighted by Crippen LogP contribution is -2.01. The first-order valence-corrected chi connectivity index (χ1v) is 4.59. The lowest BCUT2D eigenvalue weighted by molar-refractivity contribution is 0.101. The van der Waals surface area contributed by atoms with Gasteiger partial charge in [-0.05, 0) is 30.3 Å². The summed E-state index contributed by atoms with van der Waals surface area (Å²) in [4.78, 5) is 11.7. The molecule has 0 atom stereocenters. The first-order valence-electron chi connectivity index (χ1n) is 4.22. The summed E-state index contributed by atoms with van der Waals surface area (Å²) in [6.07, 6.45) is 1.38. The van der Waals surface area contributed by atoms with E-state index in [4.69, 9.17) is 16.0 Å². The number of rotatable bonds is 2. The summed E-state index contributed by atoms with van der Waals surface area (Å²) in [6.45, 7) is 0. The SMILES string of the molecule is O=C(c1ccco1)c1cc(F)ccc1Cl. The number of furan rings is 1. The molecule has 0 unspecified atom stereocenters. The van der Waals surface area contributed by atoms with Crippen molar-refractivity contribution in [2.75, 3.05) is 0 Å². The van der Waals surface area contributed by atoms with Gasteiger partial charge in [-0.1, -0.05) is 11.6 Å². The number of carbonyl (C=O) groups excluding carboxylic acids is 1. The average Bonchev–Trinajstić information content (AvgIpc) is 2.74. The molecule has 0 aliphatic carbocycles. The zero-order chi connectivity index (χ0) is 10.8. The van der Waals surface area contributed by atoms with Crippen LogP contribution in [0.25, 0.3) is 0 Å². The molecule has 0 saturated heterocycles. The van der Waals surface area contributed by atoms with E-state index in [2.05, 4.69) is 0 Å². The molecule has 1 aromatic heterocycles. The minimum Gasteiger partial charge on any atom is -0.461 e. The topological polar surface area (TPSA) is 30.2 Å². The summed E-state index contributed by atoms with van der Waals surface area (Å²) in [5.74, 6) is -0.790. The van der Waals surface area contributed by atoms with E-state index in [-0.39, 0.29) is 16.3 Å². The van der Waals surface area contributed by atoms with Gasteiger partial charge in [-0.3, -0.25) is 4.79 Å². The van der Waals surface area contributed by atoms with E-state index < -0.39 is 11.6 Å². The number of hydrogen-bond donors (Lipinski definition) is 0. The molecule has 0 bridgehead atoms. The molecule has 1 heterocycles. The quantitative estimate of drug-likeness (QED) is 0.733. The Labute approximate surface area is 90.3 Å². The Morgan fingerprint density at radius 3 is 2.80 bits per heavy atom.